The van der Waals surface area contributed by atoms with Crippen molar-refractivity contribution >= 4 is 27.4 Å². The summed E-state index contributed by atoms with van der Waals surface area (Å²) in [5.74, 6) is 0.163. The van der Waals surface area contributed by atoms with Gasteiger partial charge in [-0.1, -0.05) is 51.8 Å². The van der Waals surface area contributed by atoms with Crippen LogP contribution in [-0.2, 0) is 0 Å². The molecule has 0 atom stereocenters. The van der Waals surface area contributed by atoms with Gasteiger partial charge in [0.2, 0.25) is 0 Å². The fraction of sp³-hybridized carbons (Fsp3) is 0.235. The van der Waals surface area contributed by atoms with Gasteiger partial charge in [-0.05, 0) is 25.1 Å². The van der Waals surface area contributed by atoms with E-state index in [-0.39, 0.29) is 5.78 Å². The van der Waals surface area contributed by atoms with E-state index in [1.165, 1.54) is 5.56 Å². The number of hydrogen-bond donors (Lipinski definition) is 0. The molecule has 0 aliphatic heterocycles. The van der Waals surface area contributed by atoms with Crippen molar-refractivity contribution in [1.29, 1.82) is 0 Å². The average molecular weight is 332 g/mol. The maximum Gasteiger partial charge on any atom is 0.165 e. The molecule has 2 aromatic rings. The van der Waals surface area contributed by atoms with Crippen LogP contribution >= 0.6 is 15.9 Å². The van der Waals surface area contributed by atoms with Crippen molar-refractivity contribution in [3.05, 3.63) is 64.1 Å². The molecule has 0 bridgehead atoms. The van der Waals surface area contributed by atoms with Crippen molar-refractivity contribution in [2.75, 3.05) is 18.5 Å². The molecular weight excluding hydrogens is 314 g/mol. The molecule has 2 aromatic carbocycles. The summed E-state index contributed by atoms with van der Waals surface area (Å²) >= 11 is 3.42. The van der Waals surface area contributed by atoms with Gasteiger partial charge in [0.1, 0.15) is 0 Å². The average Bonchev–Trinajstić information content (AvgIpc) is 2.45. The van der Waals surface area contributed by atoms with Gasteiger partial charge in [0, 0.05) is 35.7 Å². The van der Waals surface area contributed by atoms with Gasteiger partial charge in [-0.3, -0.25) is 4.79 Å². The van der Waals surface area contributed by atoms with Crippen LogP contribution in [0.15, 0.2) is 53.0 Å². The number of carbonyl (C=O) groups excluding carboxylic acids is 1. The second-order valence-electron chi connectivity index (χ2n) is 4.91. The molecule has 0 aliphatic rings. The molecule has 0 unspecified atom stereocenters. The minimum atomic E-state index is 0.163. The molecule has 3 heteroatoms. The fourth-order valence-corrected chi connectivity index (χ4v) is 2.53. The number of halogens is 1. The van der Waals surface area contributed by atoms with E-state index in [4.69, 9.17) is 0 Å². The molecule has 0 amide bonds. The number of ketones is 1. The molecule has 104 valence electrons. The molecule has 0 aromatic heterocycles. The maximum atomic E-state index is 12.2. The number of rotatable bonds is 5. The standard InChI is InChI=1S/C17H18BrNO/c1-13-7-9-14(10-8-13)19(2)12-11-17(20)15-5-3-4-6-16(15)18/h3-10H,11-12H2,1-2H3. The third-order valence-electron chi connectivity index (χ3n) is 3.32. The van der Waals surface area contributed by atoms with Crippen LogP contribution in [0.2, 0.25) is 0 Å². The molecule has 20 heavy (non-hydrogen) atoms. The van der Waals surface area contributed by atoms with E-state index in [1.54, 1.807) is 0 Å². The van der Waals surface area contributed by atoms with E-state index >= 15 is 0 Å². The Morgan fingerprint density at radius 1 is 1.10 bits per heavy atom. The highest BCUT2D eigenvalue weighted by molar-refractivity contribution is 9.10. The summed E-state index contributed by atoms with van der Waals surface area (Å²) in [5, 5.41) is 0. The number of anilines is 1. The third kappa shape index (κ3) is 3.70. The molecule has 0 aliphatic carbocycles. The van der Waals surface area contributed by atoms with Gasteiger partial charge < -0.3 is 4.90 Å². The summed E-state index contributed by atoms with van der Waals surface area (Å²) in [7, 11) is 2.01. The monoisotopic (exact) mass is 331 g/mol. The zero-order chi connectivity index (χ0) is 14.5. The van der Waals surface area contributed by atoms with E-state index in [1.807, 2.05) is 31.3 Å². The van der Waals surface area contributed by atoms with Gasteiger partial charge in [-0.15, -0.1) is 0 Å². The van der Waals surface area contributed by atoms with Gasteiger partial charge in [-0.25, -0.2) is 0 Å². The first-order valence-corrected chi connectivity index (χ1v) is 7.43. The van der Waals surface area contributed by atoms with Crippen molar-refractivity contribution in [3.8, 4) is 0 Å². The minimum absolute atomic E-state index is 0.163. The van der Waals surface area contributed by atoms with Crippen LogP contribution in [0.1, 0.15) is 22.3 Å². The molecule has 0 fully saturated rings. The summed E-state index contributed by atoms with van der Waals surface area (Å²) < 4.78 is 0.864. The topological polar surface area (TPSA) is 20.3 Å². The van der Waals surface area contributed by atoms with E-state index in [0.29, 0.717) is 13.0 Å². The van der Waals surface area contributed by atoms with Crippen LogP contribution in [0.25, 0.3) is 0 Å². The van der Waals surface area contributed by atoms with E-state index < -0.39 is 0 Å². The number of benzene rings is 2. The lowest BCUT2D eigenvalue weighted by Crippen LogP contribution is -2.21. The summed E-state index contributed by atoms with van der Waals surface area (Å²) in [6.07, 6.45) is 0.507. The Morgan fingerprint density at radius 2 is 1.75 bits per heavy atom. The molecule has 0 saturated carbocycles. The predicted octanol–water partition coefficient (Wildman–Crippen LogP) is 4.47. The highest BCUT2D eigenvalue weighted by Crippen LogP contribution is 2.19. The van der Waals surface area contributed by atoms with Gasteiger partial charge >= 0.3 is 0 Å². The summed E-state index contributed by atoms with van der Waals surface area (Å²) in [4.78, 5) is 14.3. The first-order valence-electron chi connectivity index (χ1n) is 6.63. The molecular formula is C17H18BrNO. The molecule has 0 N–H and O–H groups in total. The quantitative estimate of drug-likeness (QED) is 0.753. The maximum absolute atomic E-state index is 12.2. The first kappa shape index (κ1) is 14.8. The summed E-state index contributed by atoms with van der Waals surface area (Å²) in [6.45, 7) is 2.78. The normalized spacial score (nSPS) is 10.3. The smallest absolute Gasteiger partial charge is 0.165 e. The molecule has 0 saturated heterocycles. The van der Waals surface area contributed by atoms with Gasteiger partial charge in [0.05, 0.1) is 0 Å². The molecule has 2 nitrogen and oxygen atoms in total. The Kier molecular flexibility index (Phi) is 4.96. The van der Waals surface area contributed by atoms with Gasteiger partial charge in [0.25, 0.3) is 0 Å². The lowest BCUT2D eigenvalue weighted by atomic mass is 10.1. The van der Waals surface area contributed by atoms with E-state index in [2.05, 4.69) is 52.0 Å². The molecule has 0 heterocycles. The molecule has 2 rings (SSSR count). The van der Waals surface area contributed by atoms with Crippen LogP contribution in [0.3, 0.4) is 0 Å². The lowest BCUT2D eigenvalue weighted by Gasteiger charge is -2.19. The number of Topliss-reactive ketones (excluding diaryl/α,β-unsaturated/α-hetero) is 1. The van der Waals surface area contributed by atoms with Gasteiger partial charge in [-0.2, -0.15) is 0 Å². The summed E-state index contributed by atoms with van der Waals surface area (Å²) in [5.41, 5.74) is 3.13. The number of carbonyl (C=O) groups is 1. The largest absolute Gasteiger partial charge is 0.374 e. The van der Waals surface area contributed by atoms with Crippen LogP contribution < -0.4 is 4.90 Å². The van der Waals surface area contributed by atoms with Crippen molar-refractivity contribution in [1.82, 2.24) is 0 Å². The number of nitrogens with zero attached hydrogens (tertiary/aromatic N) is 1. The highest BCUT2D eigenvalue weighted by atomic mass is 79.9. The third-order valence-corrected chi connectivity index (χ3v) is 4.01. The second kappa shape index (κ2) is 6.71. The van der Waals surface area contributed by atoms with Crippen molar-refractivity contribution in [3.63, 3.8) is 0 Å². The highest BCUT2D eigenvalue weighted by Gasteiger charge is 2.10. The van der Waals surface area contributed by atoms with Crippen molar-refractivity contribution in [2.24, 2.45) is 0 Å². The number of hydrogen-bond acceptors (Lipinski definition) is 2. The van der Waals surface area contributed by atoms with Gasteiger partial charge in [0.15, 0.2) is 5.78 Å². The zero-order valence-corrected chi connectivity index (χ0v) is 13.4. The van der Waals surface area contributed by atoms with Crippen LogP contribution in [0, 0.1) is 6.92 Å². The Morgan fingerprint density at radius 3 is 2.40 bits per heavy atom. The molecule has 0 spiro atoms. The van der Waals surface area contributed by atoms with Crippen LogP contribution in [-0.4, -0.2) is 19.4 Å². The van der Waals surface area contributed by atoms with Crippen LogP contribution in [0.4, 0.5) is 5.69 Å². The van der Waals surface area contributed by atoms with E-state index in [0.717, 1.165) is 15.7 Å². The fourth-order valence-electron chi connectivity index (χ4n) is 2.02. The predicted molar refractivity (Wildman–Crippen MR) is 87.5 cm³/mol. The lowest BCUT2D eigenvalue weighted by molar-refractivity contribution is 0.0984. The SMILES string of the molecule is Cc1ccc(N(C)CCC(=O)c2ccccc2Br)cc1. The Hall–Kier alpha value is -1.61. The number of aryl methyl sites for hydroxylation is 1. The zero-order valence-electron chi connectivity index (χ0n) is 11.8. The van der Waals surface area contributed by atoms with Crippen molar-refractivity contribution < 1.29 is 4.79 Å². The molecule has 0 radical (unpaired) electrons. The Labute approximate surface area is 128 Å². The van der Waals surface area contributed by atoms with Crippen LogP contribution in [0.5, 0.6) is 0 Å². The van der Waals surface area contributed by atoms with E-state index in [9.17, 15) is 4.79 Å². The Balaban J connectivity index is 1.97. The summed E-state index contributed by atoms with van der Waals surface area (Å²) in [6, 6.07) is 15.9. The minimum Gasteiger partial charge on any atom is -0.374 e. The Bertz CT molecular complexity index is 592. The second-order valence-corrected chi connectivity index (χ2v) is 5.76. The first-order chi connectivity index (χ1) is 9.58. The van der Waals surface area contributed by atoms with Crippen molar-refractivity contribution in [2.45, 2.75) is 13.3 Å².